The van der Waals surface area contributed by atoms with Gasteiger partial charge in [-0.25, -0.2) is 29.9 Å². The number of hydrogen-bond acceptors (Lipinski definition) is 8. The molecule has 0 saturated carbocycles. The molecule has 6 aromatic heterocycles. The largest absolute Gasteiger partial charge is 0.456 e. The van der Waals surface area contributed by atoms with Crippen molar-refractivity contribution >= 4 is 87.5 Å². The number of furan rings is 2. The Kier molecular flexibility index (Phi) is 14.0. The maximum absolute atomic E-state index is 6.42. The van der Waals surface area contributed by atoms with Gasteiger partial charge in [0, 0.05) is 71.1 Å². The molecule has 0 spiro atoms. The van der Waals surface area contributed by atoms with Crippen LogP contribution in [0, 0.1) is 0 Å². The van der Waals surface area contributed by atoms with Crippen molar-refractivity contribution in [3.63, 3.8) is 0 Å². The molecule has 0 unspecified atom stereocenters. The molecule has 0 atom stereocenters. The highest BCUT2D eigenvalue weighted by molar-refractivity contribution is 6.25. The van der Waals surface area contributed by atoms with Crippen LogP contribution in [0.2, 0.25) is 0 Å². The summed E-state index contributed by atoms with van der Waals surface area (Å²) in [5.74, 6) is 3.69. The number of fused-ring (bicyclic) bond motifs is 13. The van der Waals surface area contributed by atoms with E-state index < -0.39 is 0 Å². The molecule has 0 radical (unpaired) electrons. The number of aromatic nitrogens is 8. The van der Waals surface area contributed by atoms with Crippen molar-refractivity contribution in [3.05, 3.63) is 340 Å². The molecule has 20 aromatic rings. The number of rotatable bonds is 10. The molecule has 0 fully saturated rings. The quantitative estimate of drug-likeness (QED) is 0.133. The second-order valence-corrected chi connectivity index (χ2v) is 24.9. The molecule has 0 aliphatic heterocycles. The number of para-hydroxylation sites is 4. The first-order valence-corrected chi connectivity index (χ1v) is 33.4. The fourth-order valence-electron chi connectivity index (χ4n) is 14.3. The molecule has 10 nitrogen and oxygen atoms in total. The van der Waals surface area contributed by atoms with E-state index in [1.807, 2.05) is 158 Å². The standard InChI is InChI=1S/2C45H28N4O/c1-4-14-29(15-5-1)32-24-26-38(36(28-32)45-47-43(30-16-6-2-7-17-30)46-44(48-45)31-18-8-3-9-19-31)49-37-22-12-10-20-33(37)34-25-27-40-41(42(34)49)35-21-11-13-23-39(35)50-40;1-4-14-29(15-5-1)32-24-25-39(37(26-32)45-47-43(30-16-6-2-7-17-30)46-44(48-45)31-18-8-3-9-19-31)49-38-22-12-10-20-33(38)35-28-42-36(27-40(35)49)34-21-11-13-23-41(34)50-42/h2*1-28H. The van der Waals surface area contributed by atoms with E-state index in [2.05, 4.69) is 191 Å². The lowest BCUT2D eigenvalue weighted by Gasteiger charge is -2.16. The van der Waals surface area contributed by atoms with Gasteiger partial charge in [0.1, 0.15) is 22.3 Å². The van der Waals surface area contributed by atoms with Crippen LogP contribution in [0.5, 0.6) is 0 Å². The average molecular weight is 1280 g/mol. The van der Waals surface area contributed by atoms with E-state index in [-0.39, 0.29) is 0 Å². The lowest BCUT2D eigenvalue weighted by molar-refractivity contribution is 0.669. The molecule has 100 heavy (non-hydrogen) atoms. The predicted octanol–water partition coefficient (Wildman–Crippen LogP) is 23.1. The van der Waals surface area contributed by atoms with Gasteiger partial charge in [-0.1, -0.05) is 267 Å². The van der Waals surface area contributed by atoms with Gasteiger partial charge in [-0.2, -0.15) is 0 Å². The number of nitrogens with zero attached hydrogens (tertiary/aromatic N) is 8. The summed E-state index contributed by atoms with van der Waals surface area (Å²) in [7, 11) is 0. The zero-order chi connectivity index (χ0) is 66.0. The van der Waals surface area contributed by atoms with Gasteiger partial charge in [-0.15, -0.1) is 0 Å². The van der Waals surface area contributed by atoms with Crippen LogP contribution < -0.4 is 0 Å². The van der Waals surface area contributed by atoms with Gasteiger partial charge in [0.2, 0.25) is 0 Å². The van der Waals surface area contributed by atoms with Gasteiger partial charge in [0.25, 0.3) is 0 Å². The highest BCUT2D eigenvalue weighted by Crippen LogP contribution is 2.45. The normalized spacial score (nSPS) is 11.6. The number of benzene rings is 14. The van der Waals surface area contributed by atoms with Crippen molar-refractivity contribution < 1.29 is 8.83 Å². The summed E-state index contributed by atoms with van der Waals surface area (Å²) in [6, 6.07) is 117. The van der Waals surface area contributed by atoms with E-state index in [1.54, 1.807) is 0 Å². The van der Waals surface area contributed by atoms with Gasteiger partial charge in [0.05, 0.1) is 38.8 Å². The van der Waals surface area contributed by atoms with E-state index in [9.17, 15) is 0 Å². The summed E-state index contributed by atoms with van der Waals surface area (Å²) >= 11 is 0. The topological polar surface area (TPSA) is 113 Å². The van der Waals surface area contributed by atoms with Crippen LogP contribution in [0.15, 0.2) is 349 Å². The second-order valence-electron chi connectivity index (χ2n) is 24.9. The average Bonchev–Trinajstić information content (AvgIpc) is 1.54. The first-order chi connectivity index (χ1) is 49.6. The van der Waals surface area contributed by atoms with Crippen molar-refractivity contribution in [2.75, 3.05) is 0 Å². The molecule has 10 heteroatoms. The molecular weight excluding hydrogens is 1230 g/mol. The summed E-state index contributed by atoms with van der Waals surface area (Å²) in [5.41, 5.74) is 19.7. The van der Waals surface area contributed by atoms with Crippen LogP contribution in [0.4, 0.5) is 0 Å². The van der Waals surface area contributed by atoms with E-state index in [4.69, 9.17) is 38.7 Å². The Labute approximate surface area is 573 Å². The molecule has 20 rings (SSSR count). The maximum Gasteiger partial charge on any atom is 0.166 e. The Morgan fingerprint density at radius 1 is 0.200 bits per heavy atom. The molecule has 14 aromatic carbocycles. The zero-order valence-corrected chi connectivity index (χ0v) is 53.7. The predicted molar refractivity (Wildman–Crippen MR) is 406 cm³/mol. The van der Waals surface area contributed by atoms with Gasteiger partial charge in [0.15, 0.2) is 34.9 Å². The lowest BCUT2D eigenvalue weighted by atomic mass is 10.0. The van der Waals surface area contributed by atoms with Crippen LogP contribution >= 0.6 is 0 Å². The molecule has 0 saturated heterocycles. The Balaban J connectivity index is 0.000000139. The first-order valence-electron chi connectivity index (χ1n) is 33.4. The molecule has 0 aliphatic rings. The Bertz CT molecular complexity index is 6390. The van der Waals surface area contributed by atoms with Crippen LogP contribution in [-0.4, -0.2) is 39.0 Å². The minimum Gasteiger partial charge on any atom is -0.456 e. The van der Waals surface area contributed by atoms with E-state index in [0.717, 1.165) is 149 Å². The Hall–Kier alpha value is -13.7. The van der Waals surface area contributed by atoms with Gasteiger partial charge in [-0.05, 0) is 95.1 Å². The summed E-state index contributed by atoms with van der Waals surface area (Å²) < 4.78 is 17.5. The summed E-state index contributed by atoms with van der Waals surface area (Å²) in [6.07, 6.45) is 0. The fraction of sp³-hybridized carbons (Fsp3) is 0. The molecule has 0 N–H and O–H groups in total. The molecular formula is C90H56N8O2. The third kappa shape index (κ3) is 10.0. The van der Waals surface area contributed by atoms with E-state index in [0.29, 0.717) is 34.9 Å². The Morgan fingerprint density at radius 3 is 1.06 bits per heavy atom. The monoisotopic (exact) mass is 1280 g/mol. The van der Waals surface area contributed by atoms with Gasteiger partial charge >= 0.3 is 0 Å². The maximum atomic E-state index is 6.42. The molecule has 0 aliphatic carbocycles. The molecule has 6 heterocycles. The van der Waals surface area contributed by atoms with E-state index >= 15 is 0 Å². The highest BCUT2D eigenvalue weighted by atomic mass is 16.3. The van der Waals surface area contributed by atoms with Crippen LogP contribution in [0.1, 0.15) is 0 Å². The zero-order valence-electron chi connectivity index (χ0n) is 53.7. The highest BCUT2D eigenvalue weighted by Gasteiger charge is 2.26. The van der Waals surface area contributed by atoms with Crippen molar-refractivity contribution in [1.29, 1.82) is 0 Å². The van der Waals surface area contributed by atoms with Crippen molar-refractivity contribution in [3.8, 4) is 102 Å². The van der Waals surface area contributed by atoms with Crippen LogP contribution in [-0.2, 0) is 0 Å². The van der Waals surface area contributed by atoms with Crippen LogP contribution in [0.25, 0.3) is 189 Å². The third-order valence-electron chi connectivity index (χ3n) is 18.9. The lowest BCUT2D eigenvalue weighted by Crippen LogP contribution is -2.04. The molecule has 0 bridgehead atoms. The fourth-order valence-corrected chi connectivity index (χ4v) is 14.3. The third-order valence-corrected chi connectivity index (χ3v) is 18.9. The molecule has 468 valence electrons. The van der Waals surface area contributed by atoms with Crippen molar-refractivity contribution in [2.45, 2.75) is 0 Å². The SMILES string of the molecule is c1ccc(-c2ccc(-n3c4ccccc4c4cc5oc6ccccc6c5cc43)c(-c3nc(-c4ccccc4)nc(-c4ccccc4)n3)c2)cc1.c1ccc(-c2ccc(-n3c4ccccc4c4ccc5oc6ccccc6c5c43)c(-c3nc(-c4ccccc4)nc(-c4ccccc4)n3)c2)cc1. The van der Waals surface area contributed by atoms with Crippen molar-refractivity contribution in [1.82, 2.24) is 39.0 Å². The smallest absolute Gasteiger partial charge is 0.166 e. The molecule has 0 amide bonds. The van der Waals surface area contributed by atoms with Gasteiger partial charge in [-0.3, -0.25) is 0 Å². The summed E-state index contributed by atoms with van der Waals surface area (Å²) in [6.45, 7) is 0. The minimum absolute atomic E-state index is 0.598. The second kappa shape index (κ2) is 24.2. The Morgan fingerprint density at radius 2 is 0.570 bits per heavy atom. The van der Waals surface area contributed by atoms with E-state index in [1.165, 1.54) is 5.39 Å². The summed E-state index contributed by atoms with van der Waals surface area (Å²) in [4.78, 5) is 30.8. The van der Waals surface area contributed by atoms with Gasteiger partial charge < -0.3 is 18.0 Å². The van der Waals surface area contributed by atoms with Crippen molar-refractivity contribution in [2.24, 2.45) is 0 Å². The first kappa shape index (κ1) is 57.7. The van der Waals surface area contributed by atoms with Crippen LogP contribution in [0.3, 0.4) is 0 Å². The summed E-state index contributed by atoms with van der Waals surface area (Å²) in [5, 5.41) is 8.93. The number of hydrogen-bond donors (Lipinski definition) is 0. The minimum atomic E-state index is 0.598.